The van der Waals surface area contributed by atoms with E-state index >= 15 is 0 Å². The van der Waals surface area contributed by atoms with Gasteiger partial charge in [-0.15, -0.1) is 0 Å². The first-order valence-electron chi connectivity index (χ1n) is 17.3. The Hall–Kier alpha value is 0.000649. The number of methoxy groups -OCH3 is 1. The molecule has 0 aromatic heterocycles. The number of carbonyl (C=O) groups excluding carboxylic acids is 1. The van der Waals surface area contributed by atoms with E-state index < -0.39 is 25.0 Å². The van der Waals surface area contributed by atoms with Gasteiger partial charge >= 0.3 is 5.97 Å². The molecule has 5 nitrogen and oxygen atoms in total. The molecule has 4 aliphatic rings. The van der Waals surface area contributed by atoms with E-state index in [9.17, 15) is 4.79 Å². The summed E-state index contributed by atoms with van der Waals surface area (Å²) in [6.45, 7) is 29.0. The zero-order chi connectivity index (χ0) is 31.5. The van der Waals surface area contributed by atoms with Crippen LogP contribution in [0.4, 0.5) is 0 Å². The lowest BCUT2D eigenvalue weighted by Crippen LogP contribution is -2.64. The fourth-order valence-electron chi connectivity index (χ4n) is 10.5. The van der Waals surface area contributed by atoms with Crippen LogP contribution in [0.15, 0.2) is 0 Å². The summed E-state index contributed by atoms with van der Waals surface area (Å²) < 4.78 is 26.4. The van der Waals surface area contributed by atoms with E-state index in [2.05, 4.69) is 79.7 Å². The highest BCUT2D eigenvalue weighted by Crippen LogP contribution is 2.69. The van der Waals surface area contributed by atoms with Gasteiger partial charge in [-0.05, 0) is 157 Å². The molecule has 9 unspecified atom stereocenters. The molecule has 0 aromatic carbocycles. The van der Waals surface area contributed by atoms with Crippen LogP contribution in [-0.2, 0) is 22.8 Å². The number of hydrogen-bond acceptors (Lipinski definition) is 5. The Kier molecular flexibility index (Phi) is 10.2. The van der Waals surface area contributed by atoms with Gasteiger partial charge in [0.1, 0.15) is 0 Å². The lowest BCUT2D eigenvalue weighted by molar-refractivity contribution is -0.199. The molecule has 42 heavy (non-hydrogen) atoms. The van der Waals surface area contributed by atoms with Gasteiger partial charge in [0.05, 0.1) is 13.2 Å². The van der Waals surface area contributed by atoms with E-state index in [0.717, 1.165) is 6.42 Å². The molecule has 0 saturated heterocycles. The Labute approximate surface area is 262 Å². The quantitative estimate of drug-likeness (QED) is 0.176. The summed E-state index contributed by atoms with van der Waals surface area (Å²) >= 11 is 0. The molecule has 11 atom stereocenters. The van der Waals surface area contributed by atoms with E-state index in [4.69, 9.17) is 18.0 Å². The molecule has 0 heterocycles. The van der Waals surface area contributed by atoms with Crippen molar-refractivity contribution in [3.8, 4) is 0 Å². The third kappa shape index (κ3) is 7.35. The molecule has 0 bridgehead atoms. The highest BCUT2D eigenvalue weighted by molar-refractivity contribution is 6.70. The van der Waals surface area contributed by atoms with Crippen molar-refractivity contribution >= 4 is 30.9 Å². The van der Waals surface area contributed by atoms with Crippen LogP contribution in [-0.4, -0.2) is 56.3 Å². The molecule has 0 N–H and O–H groups in total. The molecule has 4 aliphatic carbocycles. The van der Waals surface area contributed by atoms with E-state index in [1.54, 1.807) is 0 Å². The number of hydrogen-bond donors (Lipinski definition) is 0. The van der Waals surface area contributed by atoms with E-state index in [0.29, 0.717) is 59.6 Å². The van der Waals surface area contributed by atoms with Crippen molar-refractivity contribution in [3.05, 3.63) is 0 Å². The number of carbonyl (C=O) groups is 1. The number of esters is 1. The first kappa shape index (κ1) is 34.9. The van der Waals surface area contributed by atoms with Crippen LogP contribution in [0.3, 0.4) is 0 Å². The highest BCUT2D eigenvalue weighted by Gasteiger charge is 2.67. The SMILES string of the molecule is COC(=O)CCC(C)C1CCC2C3C(O[Si](C)(C)C)CC4C[C@H](O[Si](C)(C)C)CCC4(C)C3C[C@@H](O[Si](C)(C)C)C12C. The molecular weight excluding hydrogens is 573 g/mol. The van der Waals surface area contributed by atoms with Gasteiger partial charge in [0.2, 0.25) is 0 Å². The summed E-state index contributed by atoms with van der Waals surface area (Å²) in [5.74, 6) is 3.45. The van der Waals surface area contributed by atoms with Crippen molar-refractivity contribution in [3.63, 3.8) is 0 Å². The predicted molar refractivity (Wildman–Crippen MR) is 181 cm³/mol. The molecule has 4 rings (SSSR count). The van der Waals surface area contributed by atoms with E-state index in [-0.39, 0.29) is 17.5 Å². The van der Waals surface area contributed by atoms with Crippen LogP contribution < -0.4 is 0 Å². The maximum Gasteiger partial charge on any atom is 0.305 e. The van der Waals surface area contributed by atoms with Gasteiger partial charge in [0.15, 0.2) is 25.0 Å². The zero-order valence-corrected chi connectivity index (χ0v) is 32.6. The van der Waals surface area contributed by atoms with Gasteiger partial charge in [0.25, 0.3) is 0 Å². The number of fused-ring (bicyclic) bond motifs is 5. The summed E-state index contributed by atoms with van der Waals surface area (Å²) in [7, 11) is -3.61. The van der Waals surface area contributed by atoms with Crippen molar-refractivity contribution < 1.29 is 22.8 Å². The fourth-order valence-corrected chi connectivity index (χ4v) is 14.1. The third-order valence-corrected chi connectivity index (χ3v) is 15.0. The Morgan fingerprint density at radius 2 is 1.43 bits per heavy atom. The number of ether oxygens (including phenoxy) is 1. The van der Waals surface area contributed by atoms with E-state index in [1.807, 2.05) is 0 Å². The minimum atomic E-state index is -1.79. The smallest absolute Gasteiger partial charge is 0.305 e. The minimum absolute atomic E-state index is 0.0799. The van der Waals surface area contributed by atoms with E-state index in [1.165, 1.54) is 52.1 Å². The molecule has 0 radical (unpaired) electrons. The predicted octanol–water partition coefficient (Wildman–Crippen LogP) is 9.11. The average molecular weight is 639 g/mol. The standard InChI is InChI=1S/C34H66O5Si3/c1-23(14-17-31(35)36-4)26-15-16-27-32-28(22-30(34(26,27)3)39-42(11,12)13)33(2)19-18-25(37-40(5,6)7)20-24(33)21-29(32)38-41(8,9)10/h23-30,32H,14-22H2,1-13H3/t23?,24?,25-,26?,27?,28?,29?,30-,32?,33?,34?/m1/s1. The summed E-state index contributed by atoms with van der Waals surface area (Å²) in [6.07, 6.45) is 11.0. The van der Waals surface area contributed by atoms with Crippen LogP contribution in [0.5, 0.6) is 0 Å². The second kappa shape index (κ2) is 12.3. The Morgan fingerprint density at radius 3 is 2.00 bits per heavy atom. The summed E-state index contributed by atoms with van der Waals surface area (Å²) in [5, 5.41) is 0. The molecule has 0 aromatic rings. The normalized spacial score (nSPS) is 41.5. The summed E-state index contributed by atoms with van der Waals surface area (Å²) in [4.78, 5) is 12.1. The second-order valence-electron chi connectivity index (χ2n) is 18.2. The van der Waals surface area contributed by atoms with Crippen molar-refractivity contribution in [2.24, 2.45) is 46.3 Å². The van der Waals surface area contributed by atoms with Gasteiger partial charge < -0.3 is 18.0 Å². The molecule has 0 amide bonds. The van der Waals surface area contributed by atoms with Crippen molar-refractivity contribution in [2.45, 2.75) is 156 Å². The lowest BCUT2D eigenvalue weighted by Gasteiger charge is -2.66. The maximum absolute atomic E-state index is 12.1. The monoisotopic (exact) mass is 638 g/mol. The number of rotatable bonds is 10. The van der Waals surface area contributed by atoms with Crippen LogP contribution in [0.1, 0.15) is 78.6 Å². The van der Waals surface area contributed by atoms with Crippen LogP contribution >= 0.6 is 0 Å². The van der Waals surface area contributed by atoms with Gasteiger partial charge in [-0.3, -0.25) is 4.79 Å². The molecule has 244 valence electrons. The highest BCUT2D eigenvalue weighted by atomic mass is 28.4. The van der Waals surface area contributed by atoms with Gasteiger partial charge in [-0.1, -0.05) is 20.8 Å². The van der Waals surface area contributed by atoms with Crippen molar-refractivity contribution in [2.75, 3.05) is 7.11 Å². The second-order valence-corrected chi connectivity index (χ2v) is 31.6. The molecule has 0 spiro atoms. The van der Waals surface area contributed by atoms with Gasteiger partial charge in [-0.25, -0.2) is 0 Å². The van der Waals surface area contributed by atoms with Crippen molar-refractivity contribution in [1.29, 1.82) is 0 Å². The zero-order valence-electron chi connectivity index (χ0n) is 29.6. The van der Waals surface area contributed by atoms with Crippen molar-refractivity contribution in [1.82, 2.24) is 0 Å². The Morgan fingerprint density at radius 1 is 0.810 bits per heavy atom. The van der Waals surface area contributed by atoms with Crippen LogP contribution in [0.2, 0.25) is 58.9 Å². The first-order chi connectivity index (χ1) is 19.2. The maximum atomic E-state index is 12.1. The molecular formula is C34H66O5Si3. The van der Waals surface area contributed by atoms with Crippen LogP contribution in [0.25, 0.3) is 0 Å². The molecule has 4 fully saturated rings. The molecule has 8 heteroatoms. The Balaban J connectivity index is 1.72. The third-order valence-electron chi connectivity index (χ3n) is 12.0. The Bertz CT molecular complexity index is 954. The minimum Gasteiger partial charge on any atom is -0.469 e. The van der Waals surface area contributed by atoms with Crippen LogP contribution in [0, 0.1) is 46.3 Å². The van der Waals surface area contributed by atoms with Gasteiger partial charge in [0, 0.05) is 18.6 Å². The largest absolute Gasteiger partial charge is 0.469 e. The lowest BCUT2D eigenvalue weighted by atomic mass is 9.43. The summed E-state index contributed by atoms with van der Waals surface area (Å²) in [5.41, 5.74) is 0.430. The fraction of sp³-hybridized carbons (Fsp3) is 0.971. The topological polar surface area (TPSA) is 54.0 Å². The van der Waals surface area contributed by atoms with Gasteiger partial charge in [-0.2, -0.15) is 0 Å². The molecule has 4 saturated carbocycles. The molecule has 0 aliphatic heterocycles. The summed E-state index contributed by atoms with van der Waals surface area (Å²) in [6, 6.07) is 0. The average Bonchev–Trinajstić information content (AvgIpc) is 3.19. The first-order valence-corrected chi connectivity index (χ1v) is 27.5.